The quantitative estimate of drug-likeness (QED) is 0.500. The van der Waals surface area contributed by atoms with Crippen LogP contribution in [0.5, 0.6) is 0 Å². The summed E-state index contributed by atoms with van der Waals surface area (Å²) in [5.41, 5.74) is 6.12. The first kappa shape index (κ1) is 15.6. The minimum absolute atomic E-state index is 0.0675. The standard InChI is InChI=1S/C12H20N4O2S/c1-9(2)11(12(13)14)16-19(17,18)8-6-10-5-3-4-7-15-10/h3-5,7,9,11,16H,6,8H2,1-2H3,(H3,13,14). The van der Waals surface area contributed by atoms with Crippen LogP contribution < -0.4 is 10.5 Å². The summed E-state index contributed by atoms with van der Waals surface area (Å²) in [6, 6.07) is 4.71. The second-order valence-corrected chi connectivity index (χ2v) is 6.56. The van der Waals surface area contributed by atoms with E-state index in [0.717, 1.165) is 5.69 Å². The van der Waals surface area contributed by atoms with Gasteiger partial charge in [0.1, 0.15) is 5.84 Å². The van der Waals surface area contributed by atoms with Crippen molar-refractivity contribution in [1.29, 1.82) is 5.41 Å². The van der Waals surface area contributed by atoms with Gasteiger partial charge in [0.2, 0.25) is 10.0 Å². The summed E-state index contributed by atoms with van der Waals surface area (Å²) < 4.78 is 26.3. The molecule has 1 aromatic heterocycles. The largest absolute Gasteiger partial charge is 0.386 e. The van der Waals surface area contributed by atoms with Gasteiger partial charge in [-0.15, -0.1) is 0 Å². The van der Waals surface area contributed by atoms with Crippen molar-refractivity contribution in [3.63, 3.8) is 0 Å². The Morgan fingerprint density at radius 3 is 2.63 bits per heavy atom. The Kier molecular flexibility index (Phi) is 5.44. The summed E-state index contributed by atoms with van der Waals surface area (Å²) in [6.07, 6.45) is 1.96. The van der Waals surface area contributed by atoms with Crippen molar-refractivity contribution >= 4 is 15.9 Å². The molecule has 0 radical (unpaired) electrons. The number of hydrogen-bond acceptors (Lipinski definition) is 4. The number of nitrogens with zero attached hydrogens (tertiary/aromatic N) is 1. The highest BCUT2D eigenvalue weighted by Crippen LogP contribution is 2.04. The molecule has 0 aliphatic rings. The molecule has 0 aliphatic carbocycles. The lowest BCUT2D eigenvalue weighted by molar-refractivity contribution is 0.521. The molecule has 0 spiro atoms. The summed E-state index contributed by atoms with van der Waals surface area (Å²) in [6.45, 7) is 3.63. The van der Waals surface area contributed by atoms with Crippen LogP contribution in [0.2, 0.25) is 0 Å². The van der Waals surface area contributed by atoms with Gasteiger partial charge in [0.25, 0.3) is 0 Å². The first-order valence-electron chi connectivity index (χ1n) is 6.05. The van der Waals surface area contributed by atoms with Crippen molar-refractivity contribution in [3.8, 4) is 0 Å². The lowest BCUT2D eigenvalue weighted by Gasteiger charge is -2.20. The average molecular weight is 284 g/mol. The zero-order chi connectivity index (χ0) is 14.5. The van der Waals surface area contributed by atoms with Crippen molar-refractivity contribution in [2.24, 2.45) is 11.7 Å². The van der Waals surface area contributed by atoms with Gasteiger partial charge in [0.05, 0.1) is 11.8 Å². The van der Waals surface area contributed by atoms with Crippen molar-refractivity contribution in [2.75, 3.05) is 5.75 Å². The smallest absolute Gasteiger partial charge is 0.212 e. The van der Waals surface area contributed by atoms with Crippen LogP contribution in [0.1, 0.15) is 19.5 Å². The highest BCUT2D eigenvalue weighted by molar-refractivity contribution is 7.89. The third kappa shape index (κ3) is 5.35. The number of hydrogen-bond donors (Lipinski definition) is 3. The second kappa shape index (κ2) is 6.63. The molecule has 1 aromatic rings. The fourth-order valence-electron chi connectivity index (χ4n) is 1.60. The molecular weight excluding hydrogens is 264 g/mol. The summed E-state index contributed by atoms with van der Waals surface area (Å²) in [5.74, 6) is -0.306. The van der Waals surface area contributed by atoms with Crippen LogP contribution in [-0.2, 0) is 16.4 Å². The van der Waals surface area contributed by atoms with E-state index in [1.807, 2.05) is 19.9 Å². The van der Waals surface area contributed by atoms with Gasteiger partial charge in [-0.3, -0.25) is 10.4 Å². The van der Waals surface area contributed by atoms with Crippen LogP contribution in [-0.4, -0.2) is 31.0 Å². The molecule has 1 unspecified atom stereocenters. The summed E-state index contributed by atoms with van der Waals surface area (Å²) >= 11 is 0. The molecular formula is C12H20N4O2S. The molecule has 4 N–H and O–H groups in total. The lowest BCUT2D eigenvalue weighted by Crippen LogP contribution is -2.48. The fraction of sp³-hybridized carbons (Fsp3) is 0.500. The Hall–Kier alpha value is -1.47. The van der Waals surface area contributed by atoms with E-state index >= 15 is 0 Å². The van der Waals surface area contributed by atoms with Crippen LogP contribution in [0.3, 0.4) is 0 Å². The van der Waals surface area contributed by atoms with E-state index in [9.17, 15) is 8.42 Å². The fourth-order valence-corrected chi connectivity index (χ4v) is 2.98. The predicted molar refractivity (Wildman–Crippen MR) is 75.4 cm³/mol. The molecule has 0 aromatic carbocycles. The van der Waals surface area contributed by atoms with Crippen LogP contribution in [0, 0.1) is 11.3 Å². The number of nitrogens with one attached hydrogen (secondary N) is 2. The third-order valence-electron chi connectivity index (χ3n) is 2.66. The monoisotopic (exact) mass is 284 g/mol. The van der Waals surface area contributed by atoms with Crippen molar-refractivity contribution in [1.82, 2.24) is 9.71 Å². The number of aromatic nitrogens is 1. The molecule has 0 saturated carbocycles. The van der Waals surface area contributed by atoms with Crippen LogP contribution in [0.4, 0.5) is 0 Å². The van der Waals surface area contributed by atoms with Gasteiger partial charge < -0.3 is 5.73 Å². The number of amidine groups is 1. The molecule has 0 aliphatic heterocycles. The van der Waals surface area contributed by atoms with Gasteiger partial charge in [0, 0.05) is 18.3 Å². The molecule has 6 nitrogen and oxygen atoms in total. The van der Waals surface area contributed by atoms with Crippen molar-refractivity contribution < 1.29 is 8.42 Å². The summed E-state index contributed by atoms with van der Waals surface area (Å²) in [7, 11) is -3.48. The minimum Gasteiger partial charge on any atom is -0.386 e. The maximum absolute atomic E-state index is 11.9. The van der Waals surface area contributed by atoms with E-state index in [1.165, 1.54) is 0 Å². The first-order valence-corrected chi connectivity index (χ1v) is 7.71. The Morgan fingerprint density at radius 1 is 1.47 bits per heavy atom. The zero-order valence-corrected chi connectivity index (χ0v) is 11.9. The molecule has 106 valence electrons. The molecule has 1 heterocycles. The second-order valence-electron chi connectivity index (χ2n) is 4.68. The first-order chi connectivity index (χ1) is 8.82. The average Bonchev–Trinajstić information content (AvgIpc) is 2.34. The highest BCUT2D eigenvalue weighted by Gasteiger charge is 2.23. The van der Waals surface area contributed by atoms with Crippen LogP contribution >= 0.6 is 0 Å². The maximum Gasteiger partial charge on any atom is 0.212 e. The van der Waals surface area contributed by atoms with Gasteiger partial charge in [-0.25, -0.2) is 13.1 Å². The molecule has 0 fully saturated rings. The Labute approximate surface area is 114 Å². The van der Waals surface area contributed by atoms with Crippen LogP contribution in [0.25, 0.3) is 0 Å². The van der Waals surface area contributed by atoms with E-state index in [1.54, 1.807) is 18.3 Å². The zero-order valence-electron chi connectivity index (χ0n) is 11.1. The van der Waals surface area contributed by atoms with E-state index in [0.29, 0.717) is 6.42 Å². The number of aryl methyl sites for hydroxylation is 1. The number of pyridine rings is 1. The molecule has 1 atom stereocenters. The van der Waals surface area contributed by atoms with Gasteiger partial charge >= 0.3 is 0 Å². The van der Waals surface area contributed by atoms with E-state index in [4.69, 9.17) is 11.1 Å². The molecule has 7 heteroatoms. The topological polar surface area (TPSA) is 109 Å². The summed E-state index contributed by atoms with van der Waals surface area (Å²) in [4.78, 5) is 4.07. The maximum atomic E-state index is 11.9. The molecule has 0 saturated heterocycles. The van der Waals surface area contributed by atoms with Gasteiger partial charge in [-0.2, -0.15) is 0 Å². The SMILES string of the molecule is CC(C)C(NS(=O)(=O)CCc1ccccn1)C(=N)N. The summed E-state index contributed by atoms with van der Waals surface area (Å²) in [5, 5.41) is 7.40. The number of nitrogens with two attached hydrogens (primary N) is 1. The van der Waals surface area contributed by atoms with Crippen molar-refractivity contribution in [3.05, 3.63) is 30.1 Å². The Morgan fingerprint density at radius 2 is 2.16 bits per heavy atom. The molecule has 0 bridgehead atoms. The molecule has 19 heavy (non-hydrogen) atoms. The third-order valence-corrected chi connectivity index (χ3v) is 4.02. The Balaban J connectivity index is 2.64. The normalized spacial score (nSPS) is 13.4. The molecule has 0 amide bonds. The minimum atomic E-state index is -3.48. The predicted octanol–water partition coefficient (Wildman–Crippen LogP) is 0.504. The highest BCUT2D eigenvalue weighted by atomic mass is 32.2. The van der Waals surface area contributed by atoms with Crippen molar-refractivity contribution in [2.45, 2.75) is 26.3 Å². The van der Waals surface area contributed by atoms with E-state index < -0.39 is 16.1 Å². The number of rotatable bonds is 7. The lowest BCUT2D eigenvalue weighted by atomic mass is 10.1. The van der Waals surface area contributed by atoms with Gasteiger partial charge in [-0.1, -0.05) is 19.9 Å². The van der Waals surface area contributed by atoms with Gasteiger partial charge in [-0.05, 0) is 18.1 Å². The van der Waals surface area contributed by atoms with Gasteiger partial charge in [0.15, 0.2) is 0 Å². The Bertz CT molecular complexity index is 514. The van der Waals surface area contributed by atoms with E-state index in [-0.39, 0.29) is 17.5 Å². The van der Waals surface area contributed by atoms with Crippen LogP contribution in [0.15, 0.2) is 24.4 Å². The van der Waals surface area contributed by atoms with E-state index in [2.05, 4.69) is 9.71 Å². The molecule has 1 rings (SSSR count). The number of sulfonamides is 1.